The van der Waals surface area contributed by atoms with E-state index in [1.165, 1.54) is 43.6 Å². The van der Waals surface area contributed by atoms with Gasteiger partial charge in [-0.05, 0) is 44.7 Å². The van der Waals surface area contributed by atoms with Gasteiger partial charge in [0.2, 0.25) is 0 Å². The fourth-order valence-corrected chi connectivity index (χ4v) is 3.07. The minimum Gasteiger partial charge on any atom is -0.356 e. The number of nitrogens with zero attached hydrogens (tertiary/aromatic N) is 2. The Morgan fingerprint density at radius 2 is 2.30 bits per heavy atom. The van der Waals surface area contributed by atoms with Gasteiger partial charge in [-0.15, -0.1) is 0 Å². The molecule has 2 atom stereocenters. The van der Waals surface area contributed by atoms with Crippen molar-refractivity contribution in [2.45, 2.75) is 52.5 Å². The van der Waals surface area contributed by atoms with Crippen LogP contribution < -0.4 is 10.2 Å². The molecule has 0 spiro atoms. The Hall–Kier alpha value is -1.09. The number of hydrogen-bond acceptors (Lipinski definition) is 3. The Labute approximate surface area is 123 Å². The molecule has 2 heterocycles. The van der Waals surface area contributed by atoms with Gasteiger partial charge in [0.15, 0.2) is 0 Å². The molecule has 0 amide bonds. The normalized spacial score (nSPS) is 20.9. The van der Waals surface area contributed by atoms with Crippen LogP contribution in [-0.4, -0.2) is 24.6 Å². The van der Waals surface area contributed by atoms with Crippen molar-refractivity contribution in [2.75, 3.05) is 24.5 Å². The average molecular weight is 275 g/mol. The lowest BCUT2D eigenvalue weighted by molar-refractivity contribution is 0.401. The molecular formula is C17H29N3. The van der Waals surface area contributed by atoms with Gasteiger partial charge >= 0.3 is 0 Å². The molecule has 1 aromatic rings. The third-order valence-electron chi connectivity index (χ3n) is 4.38. The van der Waals surface area contributed by atoms with Crippen LogP contribution in [-0.2, 0) is 0 Å². The molecule has 3 heteroatoms. The molecule has 3 nitrogen and oxygen atoms in total. The monoisotopic (exact) mass is 275 g/mol. The van der Waals surface area contributed by atoms with Crippen LogP contribution in [0, 0.1) is 5.92 Å². The maximum atomic E-state index is 4.69. The van der Waals surface area contributed by atoms with E-state index in [9.17, 15) is 0 Å². The van der Waals surface area contributed by atoms with Crippen molar-refractivity contribution >= 4 is 5.82 Å². The SMILES string of the molecule is CCCNC(C)c1cccnc1N1CCCC(CC)C1. The predicted molar refractivity (Wildman–Crippen MR) is 86.2 cm³/mol. The zero-order valence-electron chi connectivity index (χ0n) is 13.2. The van der Waals surface area contributed by atoms with E-state index in [0.29, 0.717) is 6.04 Å². The lowest BCUT2D eigenvalue weighted by Crippen LogP contribution is -2.37. The van der Waals surface area contributed by atoms with Gasteiger partial charge in [0, 0.05) is 30.9 Å². The molecule has 0 radical (unpaired) electrons. The van der Waals surface area contributed by atoms with E-state index in [1.54, 1.807) is 0 Å². The first kappa shape index (κ1) is 15.3. The van der Waals surface area contributed by atoms with Crippen LogP contribution in [0.2, 0.25) is 0 Å². The summed E-state index contributed by atoms with van der Waals surface area (Å²) in [6, 6.07) is 4.66. The van der Waals surface area contributed by atoms with Gasteiger partial charge in [0.1, 0.15) is 5.82 Å². The molecule has 1 fully saturated rings. The number of anilines is 1. The van der Waals surface area contributed by atoms with Crippen molar-refractivity contribution < 1.29 is 0 Å². The van der Waals surface area contributed by atoms with Crippen molar-refractivity contribution in [3.63, 3.8) is 0 Å². The molecule has 1 aromatic heterocycles. The first-order valence-electron chi connectivity index (χ1n) is 8.19. The van der Waals surface area contributed by atoms with Crippen LogP contribution in [0.25, 0.3) is 0 Å². The van der Waals surface area contributed by atoms with Gasteiger partial charge in [0.05, 0.1) is 0 Å². The predicted octanol–water partition coefficient (Wildman–Crippen LogP) is 3.77. The van der Waals surface area contributed by atoms with E-state index in [1.807, 2.05) is 6.20 Å². The summed E-state index contributed by atoms with van der Waals surface area (Å²) in [7, 11) is 0. The summed E-state index contributed by atoms with van der Waals surface area (Å²) in [5.41, 5.74) is 1.35. The topological polar surface area (TPSA) is 28.2 Å². The van der Waals surface area contributed by atoms with E-state index in [4.69, 9.17) is 0 Å². The molecule has 0 aromatic carbocycles. The van der Waals surface area contributed by atoms with Gasteiger partial charge in [-0.1, -0.05) is 26.3 Å². The van der Waals surface area contributed by atoms with Crippen LogP contribution in [0.15, 0.2) is 18.3 Å². The largest absolute Gasteiger partial charge is 0.356 e. The van der Waals surface area contributed by atoms with E-state index in [-0.39, 0.29) is 0 Å². The zero-order valence-corrected chi connectivity index (χ0v) is 13.2. The number of hydrogen-bond donors (Lipinski definition) is 1. The Morgan fingerprint density at radius 1 is 1.45 bits per heavy atom. The molecule has 0 aliphatic carbocycles. The summed E-state index contributed by atoms with van der Waals surface area (Å²) < 4.78 is 0. The maximum Gasteiger partial charge on any atom is 0.133 e. The first-order valence-corrected chi connectivity index (χ1v) is 8.19. The quantitative estimate of drug-likeness (QED) is 0.856. The van der Waals surface area contributed by atoms with E-state index < -0.39 is 0 Å². The average Bonchev–Trinajstić information content (AvgIpc) is 2.52. The molecule has 20 heavy (non-hydrogen) atoms. The Balaban J connectivity index is 2.14. The third-order valence-corrected chi connectivity index (χ3v) is 4.38. The highest BCUT2D eigenvalue weighted by molar-refractivity contribution is 5.48. The first-order chi connectivity index (χ1) is 9.76. The van der Waals surface area contributed by atoms with Crippen LogP contribution in [0.4, 0.5) is 5.82 Å². The molecule has 1 N–H and O–H groups in total. The lowest BCUT2D eigenvalue weighted by Gasteiger charge is -2.35. The standard InChI is InChI=1S/C17H29N3/c1-4-10-18-14(3)16-9-6-11-19-17(16)20-12-7-8-15(5-2)13-20/h6,9,11,14-15,18H,4-5,7-8,10,12-13H2,1-3H3. The smallest absolute Gasteiger partial charge is 0.133 e. The van der Waals surface area contributed by atoms with Gasteiger partial charge < -0.3 is 10.2 Å². The highest BCUT2D eigenvalue weighted by Gasteiger charge is 2.22. The Kier molecular flexibility index (Phi) is 5.84. The van der Waals surface area contributed by atoms with Crippen molar-refractivity contribution in [3.05, 3.63) is 23.9 Å². The molecule has 2 unspecified atom stereocenters. The molecule has 1 aliphatic rings. The minimum atomic E-state index is 0.376. The summed E-state index contributed by atoms with van der Waals surface area (Å²) >= 11 is 0. The van der Waals surface area contributed by atoms with Crippen LogP contribution in [0.3, 0.4) is 0 Å². The van der Waals surface area contributed by atoms with Crippen LogP contribution in [0.5, 0.6) is 0 Å². The summed E-state index contributed by atoms with van der Waals surface area (Å²) in [4.78, 5) is 7.18. The van der Waals surface area contributed by atoms with Crippen molar-refractivity contribution in [3.8, 4) is 0 Å². The van der Waals surface area contributed by atoms with Gasteiger partial charge in [-0.2, -0.15) is 0 Å². The summed E-state index contributed by atoms with van der Waals surface area (Å²) in [5, 5.41) is 3.59. The minimum absolute atomic E-state index is 0.376. The maximum absolute atomic E-state index is 4.69. The highest BCUT2D eigenvalue weighted by Crippen LogP contribution is 2.28. The second-order valence-corrected chi connectivity index (χ2v) is 5.95. The van der Waals surface area contributed by atoms with Gasteiger partial charge in [-0.25, -0.2) is 4.98 Å². The summed E-state index contributed by atoms with van der Waals surface area (Å²) in [6.07, 6.45) is 7.05. The number of piperidine rings is 1. The number of aromatic nitrogens is 1. The summed E-state index contributed by atoms with van der Waals surface area (Å²) in [6.45, 7) is 10.1. The van der Waals surface area contributed by atoms with Gasteiger partial charge in [0.25, 0.3) is 0 Å². The lowest BCUT2D eigenvalue weighted by atomic mass is 9.95. The zero-order chi connectivity index (χ0) is 14.4. The molecule has 112 valence electrons. The van der Waals surface area contributed by atoms with Crippen molar-refractivity contribution in [1.29, 1.82) is 0 Å². The van der Waals surface area contributed by atoms with Crippen molar-refractivity contribution in [1.82, 2.24) is 10.3 Å². The van der Waals surface area contributed by atoms with Crippen molar-refractivity contribution in [2.24, 2.45) is 5.92 Å². The second kappa shape index (κ2) is 7.63. The third kappa shape index (κ3) is 3.72. The van der Waals surface area contributed by atoms with E-state index in [0.717, 1.165) is 19.0 Å². The Morgan fingerprint density at radius 3 is 3.05 bits per heavy atom. The van der Waals surface area contributed by atoms with Crippen LogP contribution in [0.1, 0.15) is 58.1 Å². The summed E-state index contributed by atoms with van der Waals surface area (Å²) in [5.74, 6) is 2.03. The number of pyridine rings is 1. The number of rotatable bonds is 6. The molecule has 2 rings (SSSR count). The van der Waals surface area contributed by atoms with Gasteiger partial charge in [-0.3, -0.25) is 0 Å². The Bertz CT molecular complexity index is 405. The second-order valence-electron chi connectivity index (χ2n) is 5.95. The molecule has 0 bridgehead atoms. The van der Waals surface area contributed by atoms with Crippen LogP contribution >= 0.6 is 0 Å². The molecule has 0 saturated carbocycles. The molecular weight excluding hydrogens is 246 g/mol. The van der Waals surface area contributed by atoms with E-state index >= 15 is 0 Å². The molecule has 1 aliphatic heterocycles. The fourth-order valence-electron chi connectivity index (χ4n) is 3.07. The van der Waals surface area contributed by atoms with E-state index in [2.05, 4.69) is 48.1 Å². The highest BCUT2D eigenvalue weighted by atomic mass is 15.2. The fraction of sp³-hybridized carbons (Fsp3) is 0.706. The molecule has 1 saturated heterocycles. The number of nitrogens with one attached hydrogen (secondary N) is 1.